The Morgan fingerprint density at radius 1 is 1.00 bits per heavy atom. The van der Waals surface area contributed by atoms with Gasteiger partial charge in [-0.1, -0.05) is 52.0 Å². The van der Waals surface area contributed by atoms with Crippen molar-refractivity contribution in [2.75, 3.05) is 13.1 Å². The number of hydrogen-bond acceptors (Lipinski definition) is 4. The zero-order valence-electron chi connectivity index (χ0n) is 16.7. The summed E-state index contributed by atoms with van der Waals surface area (Å²) in [5.74, 6) is 0.478. The third-order valence-corrected chi connectivity index (χ3v) is 6.92. The van der Waals surface area contributed by atoms with E-state index >= 15 is 0 Å². The maximum absolute atomic E-state index is 13.6. The number of hydrogen-bond donors (Lipinski definition) is 0. The Bertz CT molecular complexity index is 982. The third-order valence-electron chi connectivity index (χ3n) is 4.21. The van der Waals surface area contributed by atoms with Gasteiger partial charge >= 0.3 is 0 Å². The van der Waals surface area contributed by atoms with Gasteiger partial charge in [0, 0.05) is 13.1 Å². The summed E-state index contributed by atoms with van der Waals surface area (Å²) in [4.78, 5) is 1.11. The molecule has 1 aromatic carbocycles. The molecular formula is C21H27N3O2S2. The summed E-state index contributed by atoms with van der Waals surface area (Å²) in [5.41, 5.74) is 1.34. The lowest BCUT2D eigenvalue weighted by Gasteiger charge is -2.25. The van der Waals surface area contributed by atoms with E-state index in [0.29, 0.717) is 18.8 Å². The van der Waals surface area contributed by atoms with Crippen molar-refractivity contribution in [3.8, 4) is 16.3 Å². The van der Waals surface area contributed by atoms with Gasteiger partial charge in [0.2, 0.25) is 10.0 Å². The third kappa shape index (κ3) is 4.54. The summed E-state index contributed by atoms with van der Waals surface area (Å²) in [6.07, 6.45) is 1.65. The van der Waals surface area contributed by atoms with E-state index in [9.17, 15) is 8.42 Å². The molecule has 0 aliphatic carbocycles. The molecule has 0 saturated carbocycles. The Labute approximate surface area is 171 Å². The summed E-state index contributed by atoms with van der Waals surface area (Å²) in [5, 5.41) is 6.59. The van der Waals surface area contributed by atoms with E-state index in [1.807, 2.05) is 75.5 Å². The monoisotopic (exact) mass is 417 g/mol. The highest BCUT2D eigenvalue weighted by molar-refractivity contribution is 7.89. The van der Waals surface area contributed by atoms with Crippen LogP contribution in [0.3, 0.4) is 0 Å². The molecule has 0 amide bonds. The van der Waals surface area contributed by atoms with Crippen LogP contribution in [0.4, 0.5) is 0 Å². The molecule has 2 heterocycles. The van der Waals surface area contributed by atoms with Gasteiger partial charge in [0.25, 0.3) is 0 Å². The molecule has 7 heteroatoms. The van der Waals surface area contributed by atoms with Gasteiger partial charge in [-0.3, -0.25) is 0 Å². The lowest BCUT2D eigenvalue weighted by atomic mass is 10.2. The first kappa shape index (κ1) is 20.8. The molecule has 0 N–H and O–H groups in total. The molecule has 3 aromatic rings. The fourth-order valence-corrected chi connectivity index (χ4v) is 5.75. The smallest absolute Gasteiger partial charge is 0.239 e. The van der Waals surface area contributed by atoms with E-state index in [4.69, 9.17) is 0 Å². The van der Waals surface area contributed by atoms with Crippen molar-refractivity contribution in [3.63, 3.8) is 0 Å². The number of nitrogens with zero attached hydrogens (tertiary/aromatic N) is 3. The first-order chi connectivity index (χ1) is 13.3. The quantitative estimate of drug-likeness (QED) is 0.524. The molecule has 0 fully saturated rings. The molecule has 5 nitrogen and oxygen atoms in total. The number of thiophene rings is 1. The van der Waals surface area contributed by atoms with Crippen LogP contribution < -0.4 is 0 Å². The highest BCUT2D eigenvalue weighted by Gasteiger charge is 2.31. The topological polar surface area (TPSA) is 55.2 Å². The van der Waals surface area contributed by atoms with Crippen molar-refractivity contribution in [2.24, 2.45) is 11.8 Å². The van der Waals surface area contributed by atoms with E-state index in [1.54, 1.807) is 15.2 Å². The lowest BCUT2D eigenvalue weighted by Crippen LogP contribution is -2.37. The number of benzene rings is 1. The molecule has 0 bridgehead atoms. The average molecular weight is 418 g/mol. The Balaban J connectivity index is 2.14. The van der Waals surface area contributed by atoms with E-state index in [2.05, 4.69) is 5.10 Å². The van der Waals surface area contributed by atoms with Crippen LogP contribution in [0.15, 0.2) is 58.9 Å². The molecule has 0 aliphatic heterocycles. The minimum absolute atomic E-state index is 0.239. The molecule has 28 heavy (non-hydrogen) atoms. The van der Waals surface area contributed by atoms with Crippen LogP contribution in [0.5, 0.6) is 0 Å². The normalized spacial score (nSPS) is 12.4. The number of sulfonamides is 1. The Morgan fingerprint density at radius 3 is 2.18 bits per heavy atom. The second kappa shape index (κ2) is 8.59. The molecule has 0 radical (unpaired) electrons. The van der Waals surface area contributed by atoms with Gasteiger partial charge in [0.15, 0.2) is 0 Å². The van der Waals surface area contributed by atoms with Crippen LogP contribution in [-0.2, 0) is 10.0 Å². The fraction of sp³-hybridized carbons (Fsp3) is 0.381. The molecular weight excluding hydrogens is 390 g/mol. The van der Waals surface area contributed by atoms with Crippen molar-refractivity contribution in [1.29, 1.82) is 0 Å². The summed E-state index contributed by atoms with van der Waals surface area (Å²) in [7, 11) is -3.68. The summed E-state index contributed by atoms with van der Waals surface area (Å²) >= 11 is 1.50. The van der Waals surface area contributed by atoms with E-state index in [0.717, 1.165) is 10.6 Å². The maximum Gasteiger partial charge on any atom is 0.246 e. The van der Waals surface area contributed by atoms with Crippen molar-refractivity contribution in [1.82, 2.24) is 14.1 Å². The zero-order valence-corrected chi connectivity index (χ0v) is 18.4. The molecule has 2 aromatic heterocycles. The van der Waals surface area contributed by atoms with Gasteiger partial charge in [-0.25, -0.2) is 13.1 Å². The highest BCUT2D eigenvalue weighted by atomic mass is 32.2. The van der Waals surface area contributed by atoms with E-state index in [1.165, 1.54) is 11.3 Å². The zero-order chi connectivity index (χ0) is 20.3. The standard InChI is InChI=1S/C21H27N3O2S2/c1-16(2)13-23(14-17(3)4)28(25,26)20-15-24(18-9-6-5-7-10-18)22-21(20)19-11-8-12-27-19/h5-12,15-17H,13-14H2,1-4H3. The number of aromatic nitrogens is 2. The van der Waals surface area contributed by atoms with Crippen LogP contribution in [0.25, 0.3) is 16.3 Å². The number of para-hydroxylation sites is 1. The van der Waals surface area contributed by atoms with Crippen LogP contribution in [0.2, 0.25) is 0 Å². The molecule has 0 spiro atoms. The average Bonchev–Trinajstić information content (AvgIpc) is 3.31. The van der Waals surface area contributed by atoms with Crippen LogP contribution in [0, 0.1) is 11.8 Å². The summed E-state index contributed by atoms with van der Waals surface area (Å²) < 4.78 is 30.5. The van der Waals surface area contributed by atoms with E-state index in [-0.39, 0.29) is 16.7 Å². The molecule has 150 valence electrons. The highest BCUT2D eigenvalue weighted by Crippen LogP contribution is 2.32. The predicted molar refractivity (Wildman–Crippen MR) is 115 cm³/mol. The van der Waals surface area contributed by atoms with Crippen molar-refractivity contribution in [2.45, 2.75) is 32.6 Å². The Kier molecular flexibility index (Phi) is 6.37. The van der Waals surface area contributed by atoms with Crippen LogP contribution in [-0.4, -0.2) is 35.6 Å². The minimum Gasteiger partial charge on any atom is -0.239 e. The van der Waals surface area contributed by atoms with Gasteiger partial charge in [0.1, 0.15) is 10.6 Å². The second-order valence-corrected chi connectivity index (χ2v) is 10.6. The van der Waals surface area contributed by atoms with Crippen LogP contribution in [0.1, 0.15) is 27.7 Å². The summed E-state index contributed by atoms with van der Waals surface area (Å²) in [6, 6.07) is 13.4. The number of rotatable bonds is 8. The molecule has 0 unspecified atom stereocenters. The fourth-order valence-electron chi connectivity index (χ4n) is 3.07. The first-order valence-corrected chi connectivity index (χ1v) is 11.8. The Morgan fingerprint density at radius 2 is 1.64 bits per heavy atom. The minimum atomic E-state index is -3.68. The SMILES string of the molecule is CC(C)CN(CC(C)C)S(=O)(=O)c1cn(-c2ccccc2)nc1-c1cccs1. The largest absolute Gasteiger partial charge is 0.246 e. The Hall–Kier alpha value is -1.96. The predicted octanol–water partition coefficient (Wildman–Crippen LogP) is 4.90. The first-order valence-electron chi connectivity index (χ1n) is 9.48. The molecule has 0 saturated heterocycles. The molecule has 0 atom stereocenters. The van der Waals surface area contributed by atoms with Crippen LogP contribution >= 0.6 is 11.3 Å². The summed E-state index contributed by atoms with van der Waals surface area (Å²) in [6.45, 7) is 9.13. The van der Waals surface area contributed by atoms with E-state index < -0.39 is 10.0 Å². The van der Waals surface area contributed by atoms with Gasteiger partial charge in [-0.15, -0.1) is 11.3 Å². The van der Waals surface area contributed by atoms with Gasteiger partial charge in [-0.2, -0.15) is 9.40 Å². The second-order valence-electron chi connectivity index (χ2n) is 7.71. The lowest BCUT2D eigenvalue weighted by molar-refractivity contribution is 0.333. The van der Waals surface area contributed by atoms with Gasteiger partial charge in [0.05, 0.1) is 16.8 Å². The van der Waals surface area contributed by atoms with Gasteiger partial charge in [-0.05, 0) is 35.4 Å². The van der Waals surface area contributed by atoms with Crippen molar-refractivity contribution >= 4 is 21.4 Å². The van der Waals surface area contributed by atoms with Crippen molar-refractivity contribution < 1.29 is 8.42 Å². The maximum atomic E-state index is 13.6. The molecule has 0 aliphatic rings. The van der Waals surface area contributed by atoms with Gasteiger partial charge < -0.3 is 0 Å². The molecule has 3 rings (SSSR count). The van der Waals surface area contributed by atoms with Crippen molar-refractivity contribution in [3.05, 3.63) is 54.0 Å².